The Morgan fingerprint density at radius 3 is 2.50 bits per heavy atom. The summed E-state index contributed by atoms with van der Waals surface area (Å²) in [5.41, 5.74) is 2.20. The van der Waals surface area contributed by atoms with Gasteiger partial charge in [-0.15, -0.1) is 0 Å². The van der Waals surface area contributed by atoms with E-state index < -0.39 is 9.04 Å². The summed E-state index contributed by atoms with van der Waals surface area (Å²) >= 11 is 6.43. The molecule has 0 heterocycles. The van der Waals surface area contributed by atoms with Crippen LogP contribution in [0.4, 0.5) is 0 Å². The van der Waals surface area contributed by atoms with E-state index >= 15 is 0 Å². The smallest absolute Gasteiger partial charge is 0.216 e. The number of carbonyl (C=O) groups is 1. The average molecular weight is 342 g/mol. The summed E-state index contributed by atoms with van der Waals surface area (Å²) < 4.78 is 6.26. The number of benzene rings is 1. The van der Waals surface area contributed by atoms with E-state index in [1.165, 1.54) is 6.92 Å². The van der Waals surface area contributed by atoms with Crippen molar-refractivity contribution in [1.82, 2.24) is 5.32 Å². The number of nitrogens with one attached hydrogen (secondary N) is 1. The molecule has 0 saturated carbocycles. The van der Waals surface area contributed by atoms with E-state index in [0.29, 0.717) is 6.54 Å². The molecule has 0 fully saturated rings. The standard InChI is InChI=1S/C17H28ClNO2Si/c1-12(20)19-10-9-13-7-8-15(18)14(11-13)16(17(2,3)4)21-22(5)6/h7-8,11,16,22H,9-10H2,1-6H3,(H,19,20). The Hall–Kier alpha value is -0.843. The number of halogens is 1. The van der Waals surface area contributed by atoms with E-state index in [0.717, 1.165) is 22.6 Å². The fourth-order valence-electron chi connectivity index (χ4n) is 2.35. The molecule has 0 radical (unpaired) electrons. The van der Waals surface area contributed by atoms with Gasteiger partial charge in [0.2, 0.25) is 5.91 Å². The Kier molecular flexibility index (Phi) is 7.10. The predicted octanol–water partition coefficient (Wildman–Crippen LogP) is 4.11. The fourth-order valence-corrected chi connectivity index (χ4v) is 3.66. The molecule has 1 amide bonds. The van der Waals surface area contributed by atoms with Gasteiger partial charge in [-0.3, -0.25) is 4.79 Å². The van der Waals surface area contributed by atoms with Gasteiger partial charge in [-0.05, 0) is 42.1 Å². The zero-order chi connectivity index (χ0) is 16.9. The maximum absolute atomic E-state index is 11.0. The second-order valence-corrected chi connectivity index (χ2v) is 9.80. The lowest BCUT2D eigenvalue weighted by Crippen LogP contribution is -2.26. The van der Waals surface area contributed by atoms with E-state index in [1.54, 1.807) is 0 Å². The van der Waals surface area contributed by atoms with Crippen LogP contribution in [0.1, 0.15) is 44.9 Å². The summed E-state index contributed by atoms with van der Waals surface area (Å²) in [4.78, 5) is 11.0. The molecule has 0 spiro atoms. The molecular formula is C17H28ClNO2Si. The molecule has 5 heteroatoms. The van der Waals surface area contributed by atoms with Crippen LogP contribution in [0.15, 0.2) is 18.2 Å². The average Bonchev–Trinajstić information content (AvgIpc) is 2.36. The molecule has 0 aromatic heterocycles. The molecule has 1 unspecified atom stereocenters. The van der Waals surface area contributed by atoms with Crippen LogP contribution in [0.5, 0.6) is 0 Å². The molecule has 124 valence electrons. The van der Waals surface area contributed by atoms with Crippen molar-refractivity contribution >= 4 is 26.5 Å². The molecule has 0 aliphatic heterocycles. The zero-order valence-electron chi connectivity index (χ0n) is 14.5. The van der Waals surface area contributed by atoms with Crippen LogP contribution in [0, 0.1) is 5.41 Å². The molecule has 1 atom stereocenters. The molecule has 1 aromatic carbocycles. The highest BCUT2D eigenvalue weighted by molar-refractivity contribution is 6.48. The van der Waals surface area contributed by atoms with Gasteiger partial charge in [-0.1, -0.05) is 44.5 Å². The Morgan fingerprint density at radius 1 is 1.36 bits per heavy atom. The number of amides is 1. The lowest BCUT2D eigenvalue weighted by molar-refractivity contribution is -0.118. The van der Waals surface area contributed by atoms with Crippen molar-refractivity contribution in [2.24, 2.45) is 5.41 Å². The maximum Gasteiger partial charge on any atom is 0.216 e. The van der Waals surface area contributed by atoms with Gasteiger partial charge in [0.05, 0.1) is 6.10 Å². The Balaban J connectivity index is 3.01. The second kappa shape index (κ2) is 8.13. The Bertz CT molecular complexity index is 512. The summed E-state index contributed by atoms with van der Waals surface area (Å²) in [6.45, 7) is 13.0. The molecule has 22 heavy (non-hydrogen) atoms. The molecule has 0 bridgehead atoms. The van der Waals surface area contributed by atoms with Crippen LogP contribution in [-0.4, -0.2) is 21.5 Å². The molecule has 0 aliphatic rings. The quantitative estimate of drug-likeness (QED) is 0.791. The monoisotopic (exact) mass is 341 g/mol. The third kappa shape index (κ3) is 6.11. The van der Waals surface area contributed by atoms with Crippen molar-refractivity contribution in [3.05, 3.63) is 34.3 Å². The largest absolute Gasteiger partial charge is 0.413 e. The highest BCUT2D eigenvalue weighted by Crippen LogP contribution is 2.40. The Labute approximate surface area is 141 Å². The SMILES string of the molecule is CC(=O)NCCc1ccc(Cl)c(C(O[SiH](C)C)C(C)(C)C)c1. The highest BCUT2D eigenvalue weighted by Gasteiger charge is 2.29. The first-order chi connectivity index (χ1) is 10.1. The summed E-state index contributed by atoms with van der Waals surface area (Å²) in [6, 6.07) is 6.07. The summed E-state index contributed by atoms with van der Waals surface area (Å²) in [5.74, 6) is -0.00380. The van der Waals surface area contributed by atoms with E-state index in [-0.39, 0.29) is 17.4 Å². The zero-order valence-corrected chi connectivity index (χ0v) is 16.4. The number of carbonyl (C=O) groups excluding carboxylic acids is 1. The van der Waals surface area contributed by atoms with E-state index in [9.17, 15) is 4.79 Å². The number of rotatable bonds is 6. The minimum atomic E-state index is -1.19. The molecular weight excluding hydrogens is 314 g/mol. The van der Waals surface area contributed by atoms with Crippen LogP contribution in [0.3, 0.4) is 0 Å². The molecule has 3 nitrogen and oxygen atoms in total. The lowest BCUT2D eigenvalue weighted by atomic mass is 9.84. The molecule has 0 aliphatic carbocycles. The first kappa shape index (κ1) is 19.2. The van der Waals surface area contributed by atoms with Crippen LogP contribution < -0.4 is 5.32 Å². The summed E-state index contributed by atoms with van der Waals surface area (Å²) in [5, 5.41) is 3.57. The van der Waals surface area contributed by atoms with Crippen LogP contribution in [0.2, 0.25) is 18.1 Å². The van der Waals surface area contributed by atoms with E-state index in [4.69, 9.17) is 16.0 Å². The second-order valence-electron chi connectivity index (χ2n) is 7.02. The topological polar surface area (TPSA) is 38.3 Å². The van der Waals surface area contributed by atoms with Crippen LogP contribution in [0.25, 0.3) is 0 Å². The van der Waals surface area contributed by atoms with Crippen molar-refractivity contribution < 1.29 is 9.22 Å². The van der Waals surface area contributed by atoms with Crippen molar-refractivity contribution in [2.45, 2.75) is 53.3 Å². The molecule has 1 N–H and O–H groups in total. The predicted molar refractivity (Wildman–Crippen MR) is 96.0 cm³/mol. The maximum atomic E-state index is 11.0. The summed E-state index contributed by atoms with van der Waals surface area (Å²) in [6.07, 6.45) is 0.784. The van der Waals surface area contributed by atoms with Crippen molar-refractivity contribution in [1.29, 1.82) is 0 Å². The lowest BCUT2D eigenvalue weighted by Gasteiger charge is -2.34. The van der Waals surface area contributed by atoms with Gasteiger partial charge in [0.1, 0.15) is 0 Å². The van der Waals surface area contributed by atoms with Gasteiger partial charge in [0.25, 0.3) is 0 Å². The first-order valence-corrected chi connectivity index (χ1v) is 11.0. The van der Waals surface area contributed by atoms with Gasteiger partial charge >= 0.3 is 0 Å². The Morgan fingerprint density at radius 2 is 2.00 bits per heavy atom. The van der Waals surface area contributed by atoms with Gasteiger partial charge in [-0.25, -0.2) is 0 Å². The normalized spacial score (nSPS) is 13.3. The number of hydrogen-bond acceptors (Lipinski definition) is 2. The third-order valence-electron chi connectivity index (χ3n) is 3.33. The van der Waals surface area contributed by atoms with E-state index in [2.05, 4.69) is 45.2 Å². The van der Waals surface area contributed by atoms with Crippen LogP contribution in [-0.2, 0) is 15.6 Å². The molecule has 1 rings (SSSR count). The van der Waals surface area contributed by atoms with E-state index in [1.807, 2.05) is 12.1 Å². The van der Waals surface area contributed by atoms with Gasteiger partial charge in [0, 0.05) is 18.5 Å². The molecule has 1 aromatic rings. The highest BCUT2D eigenvalue weighted by atomic mass is 35.5. The van der Waals surface area contributed by atoms with Gasteiger partial charge in [0.15, 0.2) is 9.04 Å². The minimum absolute atomic E-state index is 0.00380. The fraction of sp³-hybridized carbons (Fsp3) is 0.588. The number of hydrogen-bond donors (Lipinski definition) is 1. The third-order valence-corrected chi connectivity index (χ3v) is 4.49. The van der Waals surface area contributed by atoms with Crippen LogP contribution >= 0.6 is 11.6 Å². The first-order valence-electron chi connectivity index (χ1n) is 7.79. The summed E-state index contributed by atoms with van der Waals surface area (Å²) in [7, 11) is -1.19. The van der Waals surface area contributed by atoms with Crippen molar-refractivity contribution in [2.75, 3.05) is 6.54 Å². The van der Waals surface area contributed by atoms with Crippen molar-refractivity contribution in [3.8, 4) is 0 Å². The van der Waals surface area contributed by atoms with Gasteiger partial charge in [-0.2, -0.15) is 0 Å². The van der Waals surface area contributed by atoms with Gasteiger partial charge < -0.3 is 9.74 Å². The minimum Gasteiger partial charge on any atom is -0.413 e. The molecule has 0 saturated heterocycles. The van der Waals surface area contributed by atoms with Crippen molar-refractivity contribution in [3.63, 3.8) is 0 Å².